The minimum Gasteiger partial charge on any atom is -0.454 e. The molecule has 9 heteroatoms. The highest BCUT2D eigenvalue weighted by Crippen LogP contribution is 2.38. The number of hydrogen-bond donors (Lipinski definition) is 2. The molecule has 0 aromatic heterocycles. The van der Waals surface area contributed by atoms with Crippen LogP contribution in [-0.2, 0) is 4.79 Å². The molecule has 1 aromatic carbocycles. The molecule has 2 aliphatic rings. The van der Waals surface area contributed by atoms with Gasteiger partial charge in [0.1, 0.15) is 6.04 Å². The monoisotopic (exact) mass is 318 g/mol. The summed E-state index contributed by atoms with van der Waals surface area (Å²) in [6, 6.07) is 4.54. The fraction of sp³-hybridized carbons (Fsp3) is 0.286. The van der Waals surface area contributed by atoms with Crippen molar-refractivity contribution in [3.8, 4) is 11.5 Å². The van der Waals surface area contributed by atoms with Crippen molar-refractivity contribution in [3.05, 3.63) is 45.1 Å². The fourth-order valence-electron chi connectivity index (χ4n) is 2.60. The summed E-state index contributed by atoms with van der Waals surface area (Å²) in [7, 11) is 0. The number of guanidine groups is 1. The lowest BCUT2D eigenvalue weighted by Crippen LogP contribution is -2.43. The first-order chi connectivity index (χ1) is 11.0. The van der Waals surface area contributed by atoms with Crippen LogP contribution in [0.25, 0.3) is 0 Å². The summed E-state index contributed by atoms with van der Waals surface area (Å²) >= 11 is 0. The van der Waals surface area contributed by atoms with E-state index in [9.17, 15) is 14.9 Å². The summed E-state index contributed by atoms with van der Waals surface area (Å²) in [6.45, 7) is 3.24. The van der Waals surface area contributed by atoms with Crippen LogP contribution in [0.2, 0.25) is 0 Å². The third kappa shape index (κ3) is 2.80. The summed E-state index contributed by atoms with van der Waals surface area (Å²) in [5.41, 5.74) is 3.62. The van der Waals surface area contributed by atoms with Gasteiger partial charge in [0.2, 0.25) is 6.79 Å². The molecule has 2 N–H and O–H groups in total. The molecule has 0 aliphatic carbocycles. The molecule has 2 heterocycles. The van der Waals surface area contributed by atoms with E-state index in [0.717, 1.165) is 0 Å². The SMILES string of the molecule is CC(=O)C1=C(C)NC(N[N+](=O)[O-])=NC1c1ccc2c(c1)OCO2. The Morgan fingerprint density at radius 2 is 2.17 bits per heavy atom. The topological polar surface area (TPSA) is 115 Å². The summed E-state index contributed by atoms with van der Waals surface area (Å²) in [5, 5.41) is 12.7. The van der Waals surface area contributed by atoms with Crippen LogP contribution in [0, 0.1) is 10.1 Å². The van der Waals surface area contributed by atoms with Crippen molar-refractivity contribution in [1.82, 2.24) is 10.7 Å². The van der Waals surface area contributed by atoms with E-state index >= 15 is 0 Å². The highest BCUT2D eigenvalue weighted by Gasteiger charge is 2.29. The van der Waals surface area contributed by atoms with Crippen LogP contribution in [0.3, 0.4) is 0 Å². The zero-order valence-corrected chi connectivity index (χ0v) is 12.5. The third-order valence-electron chi connectivity index (χ3n) is 3.53. The molecular weight excluding hydrogens is 304 g/mol. The van der Waals surface area contributed by atoms with Gasteiger partial charge in [0.25, 0.3) is 5.96 Å². The lowest BCUT2D eigenvalue weighted by atomic mass is 9.93. The van der Waals surface area contributed by atoms with E-state index in [4.69, 9.17) is 9.47 Å². The van der Waals surface area contributed by atoms with Crippen LogP contribution < -0.4 is 20.2 Å². The quantitative estimate of drug-likeness (QED) is 0.632. The van der Waals surface area contributed by atoms with E-state index in [1.165, 1.54) is 6.92 Å². The fourth-order valence-corrected chi connectivity index (χ4v) is 2.60. The molecule has 0 fully saturated rings. The van der Waals surface area contributed by atoms with Crippen molar-refractivity contribution in [2.45, 2.75) is 19.9 Å². The molecule has 0 bridgehead atoms. The number of nitrogens with one attached hydrogen (secondary N) is 2. The van der Waals surface area contributed by atoms with Crippen molar-refractivity contribution >= 4 is 11.7 Å². The van der Waals surface area contributed by atoms with E-state index in [-0.39, 0.29) is 18.5 Å². The first kappa shape index (κ1) is 14.8. The van der Waals surface area contributed by atoms with Gasteiger partial charge in [0, 0.05) is 11.3 Å². The van der Waals surface area contributed by atoms with Crippen LogP contribution in [0.15, 0.2) is 34.5 Å². The summed E-state index contributed by atoms with van der Waals surface area (Å²) in [5.74, 6) is 0.975. The number of nitro groups is 1. The number of carbonyl (C=O) groups excluding carboxylic acids is 1. The Hall–Kier alpha value is -3.10. The zero-order chi connectivity index (χ0) is 16.6. The molecule has 9 nitrogen and oxygen atoms in total. The van der Waals surface area contributed by atoms with Crippen molar-refractivity contribution in [1.29, 1.82) is 0 Å². The van der Waals surface area contributed by atoms with Crippen LogP contribution in [-0.4, -0.2) is 23.6 Å². The van der Waals surface area contributed by atoms with Crippen LogP contribution in [0.5, 0.6) is 11.5 Å². The number of rotatable bonds is 3. The van der Waals surface area contributed by atoms with Crippen molar-refractivity contribution in [2.75, 3.05) is 6.79 Å². The summed E-state index contributed by atoms with van der Waals surface area (Å²) < 4.78 is 10.6. The Kier molecular flexibility index (Phi) is 3.61. The number of carbonyl (C=O) groups is 1. The van der Waals surface area contributed by atoms with E-state index in [2.05, 4.69) is 10.3 Å². The number of ketones is 1. The molecule has 0 amide bonds. The number of Topliss-reactive ketones (excluding diaryl/α,β-unsaturated/α-hetero) is 1. The number of ether oxygens (including phenoxy) is 2. The van der Waals surface area contributed by atoms with Crippen molar-refractivity contribution in [2.24, 2.45) is 4.99 Å². The average Bonchev–Trinajstić information content (AvgIpc) is 2.92. The van der Waals surface area contributed by atoms with Gasteiger partial charge < -0.3 is 14.8 Å². The second kappa shape index (κ2) is 5.59. The van der Waals surface area contributed by atoms with E-state index in [1.54, 1.807) is 25.1 Å². The van der Waals surface area contributed by atoms with Gasteiger partial charge in [-0.1, -0.05) is 11.5 Å². The Balaban J connectivity index is 2.03. The van der Waals surface area contributed by atoms with Gasteiger partial charge in [0.15, 0.2) is 22.3 Å². The summed E-state index contributed by atoms with van der Waals surface area (Å²) in [4.78, 5) is 26.9. The molecule has 3 rings (SSSR count). The second-order valence-electron chi connectivity index (χ2n) is 5.08. The van der Waals surface area contributed by atoms with Gasteiger partial charge in [-0.15, -0.1) is 0 Å². The first-order valence-corrected chi connectivity index (χ1v) is 6.83. The second-order valence-corrected chi connectivity index (χ2v) is 5.08. The van der Waals surface area contributed by atoms with Gasteiger partial charge in [-0.3, -0.25) is 4.79 Å². The third-order valence-corrected chi connectivity index (χ3v) is 3.53. The molecule has 1 atom stereocenters. The first-order valence-electron chi connectivity index (χ1n) is 6.83. The number of allylic oxidation sites excluding steroid dienone is 1. The highest BCUT2D eigenvalue weighted by atomic mass is 16.7. The predicted molar refractivity (Wildman–Crippen MR) is 79.4 cm³/mol. The number of hydrogen-bond acceptors (Lipinski definition) is 7. The molecule has 1 aromatic rings. The van der Waals surface area contributed by atoms with Crippen molar-refractivity contribution in [3.63, 3.8) is 0 Å². The summed E-state index contributed by atoms with van der Waals surface area (Å²) in [6.07, 6.45) is 0. The van der Waals surface area contributed by atoms with Crippen LogP contribution >= 0.6 is 0 Å². The Bertz CT molecular complexity index is 756. The molecule has 0 radical (unpaired) electrons. The maximum Gasteiger partial charge on any atom is 0.259 e. The minimum atomic E-state index is -0.714. The van der Waals surface area contributed by atoms with E-state index < -0.39 is 11.1 Å². The molecule has 0 saturated carbocycles. The van der Waals surface area contributed by atoms with Gasteiger partial charge >= 0.3 is 0 Å². The minimum absolute atomic E-state index is 0.0276. The Labute approximate surface area is 131 Å². The average molecular weight is 318 g/mol. The van der Waals surface area contributed by atoms with Crippen molar-refractivity contribution < 1.29 is 19.3 Å². The Morgan fingerprint density at radius 1 is 1.43 bits per heavy atom. The predicted octanol–water partition coefficient (Wildman–Crippen LogP) is 1.06. The number of hydrazine groups is 1. The molecule has 23 heavy (non-hydrogen) atoms. The molecule has 1 unspecified atom stereocenters. The zero-order valence-electron chi connectivity index (χ0n) is 12.5. The number of benzene rings is 1. The lowest BCUT2D eigenvalue weighted by Gasteiger charge is -2.24. The Morgan fingerprint density at radius 3 is 2.87 bits per heavy atom. The normalized spacial score (nSPS) is 19.0. The highest BCUT2D eigenvalue weighted by molar-refractivity contribution is 5.98. The maximum absolute atomic E-state index is 12.0. The van der Waals surface area contributed by atoms with Gasteiger partial charge in [-0.25, -0.2) is 15.1 Å². The van der Waals surface area contributed by atoms with Crippen LogP contribution in [0.4, 0.5) is 0 Å². The standard InChI is InChI=1S/C14H14N4O5/c1-7-12(8(2)19)13(16-14(15-7)17-18(20)21)9-3-4-10-11(5-9)23-6-22-10/h3-5,13H,6H2,1-2H3,(H2,15,16,17). The molecule has 120 valence electrons. The lowest BCUT2D eigenvalue weighted by molar-refractivity contribution is -0.525. The number of fused-ring (bicyclic) bond motifs is 1. The maximum atomic E-state index is 12.0. The van der Waals surface area contributed by atoms with Gasteiger partial charge in [0.05, 0.1) is 0 Å². The largest absolute Gasteiger partial charge is 0.454 e. The smallest absolute Gasteiger partial charge is 0.259 e. The van der Waals surface area contributed by atoms with E-state index in [1.807, 2.05) is 5.43 Å². The van der Waals surface area contributed by atoms with Gasteiger partial charge in [-0.2, -0.15) is 0 Å². The number of nitrogens with zero attached hydrogens (tertiary/aromatic N) is 2. The molecule has 0 saturated heterocycles. The molecular formula is C14H14N4O5. The molecule has 2 aliphatic heterocycles. The van der Waals surface area contributed by atoms with Crippen LogP contribution in [0.1, 0.15) is 25.5 Å². The van der Waals surface area contributed by atoms with E-state index in [0.29, 0.717) is 28.3 Å². The molecule has 0 spiro atoms. The number of aliphatic imine (C=N–C) groups is 1. The van der Waals surface area contributed by atoms with Gasteiger partial charge in [-0.05, 0) is 31.5 Å².